The lowest BCUT2D eigenvalue weighted by Crippen LogP contribution is -2.40. The first-order chi connectivity index (χ1) is 8.36. The molecule has 0 aliphatic carbocycles. The van der Waals surface area contributed by atoms with Crippen LogP contribution >= 0.6 is 0 Å². The number of benzene rings is 1. The Labute approximate surface area is 102 Å². The molecule has 3 nitrogen and oxygen atoms in total. The van der Waals surface area contributed by atoms with E-state index in [0.717, 1.165) is 37.6 Å². The zero-order valence-electron chi connectivity index (χ0n) is 9.98. The van der Waals surface area contributed by atoms with E-state index >= 15 is 0 Å². The molecule has 90 valence electrons. The van der Waals surface area contributed by atoms with Crippen molar-refractivity contribution in [3.05, 3.63) is 29.8 Å². The summed E-state index contributed by atoms with van der Waals surface area (Å²) in [5, 5.41) is 8.11. The van der Waals surface area contributed by atoms with Gasteiger partial charge in [-0.05, 0) is 18.9 Å². The van der Waals surface area contributed by atoms with Gasteiger partial charge < -0.3 is 9.64 Å². The van der Waals surface area contributed by atoms with Crippen molar-refractivity contribution in [2.45, 2.75) is 31.7 Å². The van der Waals surface area contributed by atoms with Gasteiger partial charge in [0.05, 0.1) is 18.5 Å². The van der Waals surface area contributed by atoms with Crippen LogP contribution in [0.2, 0.25) is 0 Å². The monoisotopic (exact) mass is 230 g/mol. The van der Waals surface area contributed by atoms with Crippen molar-refractivity contribution < 1.29 is 4.74 Å². The first kappa shape index (κ1) is 10.6. The molecule has 0 bridgehead atoms. The second-order valence-electron chi connectivity index (χ2n) is 4.79. The molecule has 0 saturated carbocycles. The minimum Gasteiger partial charge on any atom is -0.493 e. The molecule has 0 radical (unpaired) electrons. The van der Waals surface area contributed by atoms with Crippen LogP contribution in [-0.4, -0.2) is 23.9 Å². The van der Waals surface area contributed by atoms with Crippen LogP contribution in [0.25, 0.3) is 0 Å². The predicted octanol–water partition coefficient (Wildman–Crippen LogP) is 2.97. The average molecular weight is 230 g/mol. The summed E-state index contributed by atoms with van der Waals surface area (Å²) in [6.07, 6.45) is 4.31. The summed E-state index contributed by atoms with van der Waals surface area (Å²) in [5.41, 5.74) is 1.26. The molecule has 1 saturated heterocycles. The molecule has 0 spiro atoms. The van der Waals surface area contributed by atoms with Crippen LogP contribution in [-0.2, 0) is 0 Å². The van der Waals surface area contributed by atoms with Crippen LogP contribution in [0, 0.1) is 5.41 Å². The minimum absolute atomic E-state index is 0.354. The first-order valence-electron chi connectivity index (χ1n) is 6.42. The Morgan fingerprint density at radius 2 is 2.12 bits per heavy atom. The number of nitrogens with one attached hydrogen (secondary N) is 1. The van der Waals surface area contributed by atoms with Crippen molar-refractivity contribution in [1.82, 2.24) is 4.90 Å². The number of ether oxygens (including phenoxy) is 1. The third kappa shape index (κ3) is 1.90. The highest BCUT2D eigenvalue weighted by Gasteiger charge is 2.29. The standard InChI is InChI=1S/C14H18N2O/c15-14-7-3-4-9-16(14)12-8-10-17-13-6-2-1-5-11(12)13/h1-2,5-6,12,15H,3-4,7-10H2. The van der Waals surface area contributed by atoms with E-state index in [9.17, 15) is 0 Å². The van der Waals surface area contributed by atoms with E-state index in [1.54, 1.807) is 0 Å². The second kappa shape index (κ2) is 4.40. The molecule has 0 amide bonds. The Morgan fingerprint density at radius 3 is 3.00 bits per heavy atom. The normalized spacial score (nSPS) is 24.1. The Morgan fingerprint density at radius 1 is 1.24 bits per heavy atom. The maximum Gasteiger partial charge on any atom is 0.124 e. The van der Waals surface area contributed by atoms with Crippen LogP contribution < -0.4 is 4.74 Å². The van der Waals surface area contributed by atoms with Gasteiger partial charge in [0.15, 0.2) is 0 Å². The third-order valence-electron chi connectivity index (χ3n) is 3.71. The van der Waals surface area contributed by atoms with Gasteiger partial charge in [0, 0.05) is 24.9 Å². The number of para-hydroxylation sites is 1. The molecule has 1 N–H and O–H groups in total. The minimum atomic E-state index is 0.354. The molecule has 3 rings (SSSR count). The molecule has 1 aromatic carbocycles. The molecule has 1 aromatic rings. The van der Waals surface area contributed by atoms with Crippen LogP contribution in [0.4, 0.5) is 0 Å². The largest absolute Gasteiger partial charge is 0.493 e. The first-order valence-corrected chi connectivity index (χ1v) is 6.42. The summed E-state index contributed by atoms with van der Waals surface area (Å²) in [6, 6.07) is 8.61. The van der Waals surface area contributed by atoms with Gasteiger partial charge in [-0.25, -0.2) is 0 Å². The van der Waals surface area contributed by atoms with Gasteiger partial charge >= 0.3 is 0 Å². The fourth-order valence-electron chi connectivity index (χ4n) is 2.84. The fourth-order valence-corrected chi connectivity index (χ4v) is 2.84. The van der Waals surface area contributed by atoms with Crippen molar-refractivity contribution in [1.29, 1.82) is 5.41 Å². The number of rotatable bonds is 1. The van der Waals surface area contributed by atoms with E-state index in [2.05, 4.69) is 17.0 Å². The summed E-state index contributed by atoms with van der Waals surface area (Å²) < 4.78 is 5.68. The van der Waals surface area contributed by atoms with Crippen molar-refractivity contribution in [3.63, 3.8) is 0 Å². The molecule has 1 atom stereocenters. The van der Waals surface area contributed by atoms with Crippen LogP contribution in [0.1, 0.15) is 37.3 Å². The van der Waals surface area contributed by atoms with Gasteiger partial charge in [-0.1, -0.05) is 18.2 Å². The maximum atomic E-state index is 8.11. The van der Waals surface area contributed by atoms with Gasteiger partial charge in [-0.15, -0.1) is 0 Å². The van der Waals surface area contributed by atoms with Crippen molar-refractivity contribution >= 4 is 5.84 Å². The molecular weight excluding hydrogens is 212 g/mol. The van der Waals surface area contributed by atoms with Gasteiger partial charge in [0.1, 0.15) is 5.75 Å². The van der Waals surface area contributed by atoms with Crippen LogP contribution in [0.5, 0.6) is 5.75 Å². The Bertz CT molecular complexity index is 430. The smallest absolute Gasteiger partial charge is 0.124 e. The number of hydrogen-bond donors (Lipinski definition) is 1. The SMILES string of the molecule is N=C1CCCCN1C1CCOc2ccccc21. The number of fused-ring (bicyclic) bond motifs is 1. The third-order valence-corrected chi connectivity index (χ3v) is 3.71. The number of amidine groups is 1. The summed E-state index contributed by atoms with van der Waals surface area (Å²) in [4.78, 5) is 2.27. The van der Waals surface area contributed by atoms with Gasteiger partial charge in [-0.3, -0.25) is 5.41 Å². The average Bonchev–Trinajstić information content (AvgIpc) is 2.39. The van der Waals surface area contributed by atoms with Gasteiger partial charge in [0.2, 0.25) is 0 Å². The molecule has 2 aliphatic heterocycles. The second-order valence-corrected chi connectivity index (χ2v) is 4.79. The number of piperidine rings is 1. The van der Waals surface area contributed by atoms with Crippen LogP contribution in [0.15, 0.2) is 24.3 Å². The number of likely N-dealkylation sites (tertiary alicyclic amines) is 1. The van der Waals surface area contributed by atoms with E-state index < -0.39 is 0 Å². The summed E-state index contributed by atoms with van der Waals surface area (Å²) >= 11 is 0. The highest BCUT2D eigenvalue weighted by Crippen LogP contribution is 2.37. The Hall–Kier alpha value is -1.51. The number of hydrogen-bond acceptors (Lipinski definition) is 2. The molecule has 3 heteroatoms. The molecule has 2 aliphatic rings. The Kier molecular flexibility index (Phi) is 2.75. The molecule has 0 aromatic heterocycles. The summed E-state index contributed by atoms with van der Waals surface area (Å²) in [7, 11) is 0. The van der Waals surface area contributed by atoms with Gasteiger partial charge in [0.25, 0.3) is 0 Å². The molecule has 2 heterocycles. The lowest BCUT2D eigenvalue weighted by molar-refractivity contribution is 0.188. The van der Waals surface area contributed by atoms with Crippen LogP contribution in [0.3, 0.4) is 0 Å². The van der Waals surface area contributed by atoms with E-state index in [0.29, 0.717) is 6.04 Å². The van der Waals surface area contributed by atoms with Crippen molar-refractivity contribution in [2.75, 3.05) is 13.2 Å². The number of nitrogens with zero attached hydrogens (tertiary/aromatic N) is 1. The highest BCUT2D eigenvalue weighted by atomic mass is 16.5. The highest BCUT2D eigenvalue weighted by molar-refractivity contribution is 5.80. The van der Waals surface area contributed by atoms with Crippen molar-refractivity contribution in [3.8, 4) is 5.75 Å². The molecule has 17 heavy (non-hydrogen) atoms. The summed E-state index contributed by atoms with van der Waals surface area (Å²) in [5.74, 6) is 1.81. The molecule has 1 unspecified atom stereocenters. The van der Waals surface area contributed by atoms with E-state index in [1.165, 1.54) is 18.4 Å². The lowest BCUT2D eigenvalue weighted by Gasteiger charge is -2.39. The zero-order chi connectivity index (χ0) is 11.7. The molecule has 1 fully saturated rings. The van der Waals surface area contributed by atoms with E-state index in [4.69, 9.17) is 10.1 Å². The fraction of sp³-hybridized carbons (Fsp3) is 0.500. The topological polar surface area (TPSA) is 36.3 Å². The zero-order valence-corrected chi connectivity index (χ0v) is 9.98. The van der Waals surface area contributed by atoms with Gasteiger partial charge in [-0.2, -0.15) is 0 Å². The van der Waals surface area contributed by atoms with Crippen molar-refractivity contribution in [2.24, 2.45) is 0 Å². The Balaban J connectivity index is 1.91. The molecular formula is C14H18N2O. The summed E-state index contributed by atoms with van der Waals surface area (Å²) in [6.45, 7) is 1.79. The van der Waals surface area contributed by atoms with E-state index in [-0.39, 0.29) is 0 Å². The predicted molar refractivity (Wildman–Crippen MR) is 67.6 cm³/mol. The van der Waals surface area contributed by atoms with E-state index in [1.807, 2.05) is 12.1 Å². The lowest BCUT2D eigenvalue weighted by atomic mass is 9.96. The maximum absolute atomic E-state index is 8.11. The quantitative estimate of drug-likeness (QED) is 0.805.